The number of nitrogens with zero attached hydrogens (tertiary/aromatic N) is 3. The van der Waals surface area contributed by atoms with E-state index < -0.39 is 11.6 Å². The van der Waals surface area contributed by atoms with Gasteiger partial charge in [0.25, 0.3) is 0 Å². The summed E-state index contributed by atoms with van der Waals surface area (Å²) in [6, 6.07) is 4.97. The van der Waals surface area contributed by atoms with Crippen molar-refractivity contribution < 1.29 is 9.53 Å². The standard InChI is InChI=1S/C16H19N3O2S/c1-16(2,3)21-15(20)14(8-12-6-4-5-7-17-12)18-9-13-10-22-11-19-13/h4-7,9-11,14H,8H2,1-3H3. The van der Waals surface area contributed by atoms with E-state index in [0.717, 1.165) is 11.4 Å². The second-order valence-corrected chi connectivity index (χ2v) is 6.48. The molecule has 0 fully saturated rings. The molecule has 1 atom stereocenters. The Kier molecular flexibility index (Phi) is 5.38. The van der Waals surface area contributed by atoms with Crippen LogP contribution in [0.1, 0.15) is 32.2 Å². The van der Waals surface area contributed by atoms with Crippen molar-refractivity contribution in [2.75, 3.05) is 0 Å². The number of aromatic nitrogens is 2. The zero-order valence-electron chi connectivity index (χ0n) is 12.9. The van der Waals surface area contributed by atoms with Gasteiger partial charge in [0.15, 0.2) is 6.04 Å². The SMILES string of the molecule is CC(C)(C)OC(=O)C(Cc1ccccn1)N=Cc1cscn1. The predicted octanol–water partition coefficient (Wildman–Crippen LogP) is 2.91. The number of ether oxygens (including phenoxy) is 1. The average molecular weight is 317 g/mol. The maximum Gasteiger partial charge on any atom is 0.331 e. The second-order valence-electron chi connectivity index (χ2n) is 5.77. The van der Waals surface area contributed by atoms with Gasteiger partial charge in [-0.2, -0.15) is 0 Å². The molecule has 0 saturated heterocycles. The zero-order valence-corrected chi connectivity index (χ0v) is 13.7. The van der Waals surface area contributed by atoms with Crippen LogP contribution >= 0.6 is 11.3 Å². The molecule has 2 aromatic rings. The third kappa shape index (κ3) is 5.37. The zero-order chi connectivity index (χ0) is 16.0. The Morgan fingerprint density at radius 2 is 2.23 bits per heavy atom. The van der Waals surface area contributed by atoms with Gasteiger partial charge in [0.05, 0.1) is 11.2 Å². The van der Waals surface area contributed by atoms with Gasteiger partial charge in [0.1, 0.15) is 5.60 Å². The van der Waals surface area contributed by atoms with Gasteiger partial charge in [0, 0.05) is 29.9 Å². The fourth-order valence-electron chi connectivity index (χ4n) is 1.74. The first-order valence-corrected chi connectivity index (χ1v) is 7.92. The highest BCUT2D eigenvalue weighted by Gasteiger charge is 2.25. The third-order valence-corrected chi connectivity index (χ3v) is 3.25. The highest BCUT2D eigenvalue weighted by molar-refractivity contribution is 7.07. The van der Waals surface area contributed by atoms with E-state index in [1.165, 1.54) is 11.3 Å². The molecule has 2 aromatic heterocycles. The molecule has 0 aliphatic carbocycles. The first kappa shape index (κ1) is 16.3. The van der Waals surface area contributed by atoms with Crippen LogP contribution in [-0.4, -0.2) is 33.8 Å². The molecule has 0 aliphatic heterocycles. The molecule has 0 bridgehead atoms. The van der Waals surface area contributed by atoms with Gasteiger partial charge in [-0.3, -0.25) is 9.98 Å². The second kappa shape index (κ2) is 7.26. The number of esters is 1. The summed E-state index contributed by atoms with van der Waals surface area (Å²) in [5.41, 5.74) is 2.71. The van der Waals surface area contributed by atoms with Crippen LogP contribution in [0.3, 0.4) is 0 Å². The fraction of sp³-hybridized carbons (Fsp3) is 0.375. The monoisotopic (exact) mass is 317 g/mol. The molecule has 0 spiro atoms. The van der Waals surface area contributed by atoms with Crippen molar-refractivity contribution in [3.05, 3.63) is 46.7 Å². The lowest BCUT2D eigenvalue weighted by molar-refractivity contribution is -0.156. The summed E-state index contributed by atoms with van der Waals surface area (Å²) < 4.78 is 5.44. The predicted molar refractivity (Wildman–Crippen MR) is 87.3 cm³/mol. The number of aliphatic imine (C=N–C) groups is 1. The van der Waals surface area contributed by atoms with Crippen molar-refractivity contribution in [1.29, 1.82) is 0 Å². The van der Waals surface area contributed by atoms with Gasteiger partial charge in [-0.25, -0.2) is 9.78 Å². The summed E-state index contributed by atoms with van der Waals surface area (Å²) in [5.74, 6) is -0.357. The molecule has 0 aliphatic rings. The Bertz CT molecular complexity index is 619. The normalized spacial score (nSPS) is 13.2. The van der Waals surface area contributed by atoms with Gasteiger partial charge in [-0.1, -0.05) is 6.07 Å². The lowest BCUT2D eigenvalue weighted by atomic mass is 10.1. The van der Waals surface area contributed by atoms with E-state index in [9.17, 15) is 4.79 Å². The molecule has 2 heterocycles. The first-order chi connectivity index (χ1) is 10.4. The van der Waals surface area contributed by atoms with Crippen molar-refractivity contribution in [3.8, 4) is 0 Å². The van der Waals surface area contributed by atoms with Crippen molar-refractivity contribution in [2.24, 2.45) is 4.99 Å². The topological polar surface area (TPSA) is 64.4 Å². The summed E-state index contributed by atoms with van der Waals surface area (Å²) in [6.45, 7) is 5.52. The van der Waals surface area contributed by atoms with Crippen molar-refractivity contribution in [2.45, 2.75) is 38.8 Å². The van der Waals surface area contributed by atoms with Gasteiger partial charge in [0.2, 0.25) is 0 Å². The molecule has 0 amide bonds. The Morgan fingerprint density at radius 1 is 1.41 bits per heavy atom. The Balaban J connectivity index is 2.14. The molecule has 1 unspecified atom stereocenters. The van der Waals surface area contributed by atoms with E-state index in [4.69, 9.17) is 4.74 Å². The molecule has 0 aromatic carbocycles. The van der Waals surface area contributed by atoms with Crippen LogP contribution in [0, 0.1) is 0 Å². The molecule has 6 heteroatoms. The number of hydrogen-bond donors (Lipinski definition) is 0. The van der Waals surface area contributed by atoms with Gasteiger partial charge in [-0.15, -0.1) is 11.3 Å². The molecule has 2 rings (SSSR count). The van der Waals surface area contributed by atoms with E-state index in [0.29, 0.717) is 6.42 Å². The van der Waals surface area contributed by atoms with E-state index in [1.807, 2.05) is 44.4 Å². The fourth-order valence-corrected chi connectivity index (χ4v) is 2.24. The van der Waals surface area contributed by atoms with Gasteiger partial charge < -0.3 is 4.74 Å². The number of hydrogen-bond acceptors (Lipinski definition) is 6. The van der Waals surface area contributed by atoms with Crippen molar-refractivity contribution in [3.63, 3.8) is 0 Å². The minimum Gasteiger partial charge on any atom is -0.458 e. The Morgan fingerprint density at radius 3 is 2.82 bits per heavy atom. The maximum atomic E-state index is 12.3. The summed E-state index contributed by atoms with van der Waals surface area (Å²) in [4.78, 5) is 25.1. The number of carbonyl (C=O) groups is 1. The number of pyridine rings is 1. The molecule has 0 radical (unpaired) electrons. The van der Waals surface area contributed by atoms with Crippen LogP contribution in [-0.2, 0) is 16.0 Å². The maximum absolute atomic E-state index is 12.3. The van der Waals surface area contributed by atoms with E-state index in [1.54, 1.807) is 17.9 Å². The summed E-state index contributed by atoms with van der Waals surface area (Å²) in [6.07, 6.45) is 3.70. The smallest absolute Gasteiger partial charge is 0.331 e. The lowest BCUT2D eigenvalue weighted by Crippen LogP contribution is -2.32. The summed E-state index contributed by atoms with van der Waals surface area (Å²) in [7, 11) is 0. The number of thiazole rings is 1. The summed E-state index contributed by atoms with van der Waals surface area (Å²) in [5, 5.41) is 1.87. The minimum atomic E-state index is -0.629. The lowest BCUT2D eigenvalue weighted by Gasteiger charge is -2.22. The molecule has 0 N–H and O–H groups in total. The van der Waals surface area contributed by atoms with Crippen molar-refractivity contribution in [1.82, 2.24) is 9.97 Å². The molecular formula is C16H19N3O2S. The molecular weight excluding hydrogens is 298 g/mol. The first-order valence-electron chi connectivity index (χ1n) is 6.98. The Labute approximate surface area is 134 Å². The highest BCUT2D eigenvalue weighted by Crippen LogP contribution is 2.13. The van der Waals surface area contributed by atoms with E-state index >= 15 is 0 Å². The molecule has 0 saturated carbocycles. The van der Waals surface area contributed by atoms with Crippen LogP contribution in [0.15, 0.2) is 40.3 Å². The molecule has 5 nitrogen and oxygen atoms in total. The number of rotatable bonds is 5. The highest BCUT2D eigenvalue weighted by atomic mass is 32.1. The van der Waals surface area contributed by atoms with Gasteiger partial charge in [-0.05, 0) is 32.9 Å². The largest absolute Gasteiger partial charge is 0.458 e. The van der Waals surface area contributed by atoms with Crippen LogP contribution in [0.4, 0.5) is 0 Å². The minimum absolute atomic E-state index is 0.357. The van der Waals surface area contributed by atoms with E-state index in [-0.39, 0.29) is 5.97 Å². The van der Waals surface area contributed by atoms with Crippen molar-refractivity contribution >= 4 is 23.5 Å². The summed E-state index contributed by atoms with van der Waals surface area (Å²) >= 11 is 1.48. The number of carbonyl (C=O) groups excluding carboxylic acids is 1. The van der Waals surface area contributed by atoms with Crippen LogP contribution in [0.5, 0.6) is 0 Å². The molecule has 116 valence electrons. The van der Waals surface area contributed by atoms with Crippen LogP contribution < -0.4 is 0 Å². The Hall–Kier alpha value is -2.08. The molecule has 22 heavy (non-hydrogen) atoms. The van der Waals surface area contributed by atoms with Gasteiger partial charge >= 0.3 is 5.97 Å². The third-order valence-electron chi connectivity index (χ3n) is 2.65. The van der Waals surface area contributed by atoms with E-state index in [2.05, 4.69) is 15.0 Å². The quantitative estimate of drug-likeness (QED) is 0.628. The van der Waals surface area contributed by atoms with Crippen LogP contribution in [0.25, 0.3) is 0 Å². The van der Waals surface area contributed by atoms with Crippen LogP contribution in [0.2, 0.25) is 0 Å². The average Bonchev–Trinajstić information content (AvgIpc) is 2.96.